The topological polar surface area (TPSA) is 67.8 Å². The largest absolute Gasteiger partial charge is 0.455 e. The first kappa shape index (κ1) is 14.4. The van der Waals surface area contributed by atoms with Crippen molar-refractivity contribution in [1.29, 1.82) is 0 Å². The van der Waals surface area contributed by atoms with Gasteiger partial charge in [0.1, 0.15) is 17.3 Å². The average Bonchev–Trinajstić information content (AvgIpc) is 2.41. The zero-order chi connectivity index (χ0) is 14.7. The van der Waals surface area contributed by atoms with Crippen molar-refractivity contribution in [2.24, 2.45) is 10.9 Å². The fraction of sp³-hybridized carbons (Fsp3) is 0. The molecule has 0 spiro atoms. The van der Waals surface area contributed by atoms with Crippen molar-refractivity contribution >= 4 is 29.0 Å². The molecule has 0 bridgehead atoms. The van der Waals surface area contributed by atoms with Gasteiger partial charge in [-0.05, 0) is 30.3 Å². The van der Waals surface area contributed by atoms with E-state index in [4.69, 9.17) is 38.9 Å². The summed E-state index contributed by atoms with van der Waals surface area (Å²) in [6.45, 7) is 0. The quantitative estimate of drug-likeness (QED) is 0.389. The molecule has 3 N–H and O–H groups in total. The first-order valence-electron chi connectivity index (χ1n) is 5.42. The van der Waals surface area contributed by atoms with E-state index in [9.17, 15) is 4.39 Å². The van der Waals surface area contributed by atoms with Crippen LogP contribution in [-0.2, 0) is 0 Å². The minimum atomic E-state index is -0.481. The van der Waals surface area contributed by atoms with Gasteiger partial charge >= 0.3 is 0 Å². The van der Waals surface area contributed by atoms with Gasteiger partial charge in [-0.3, -0.25) is 0 Å². The van der Waals surface area contributed by atoms with E-state index in [0.717, 1.165) is 6.07 Å². The summed E-state index contributed by atoms with van der Waals surface area (Å²) in [7, 11) is 0. The van der Waals surface area contributed by atoms with Gasteiger partial charge < -0.3 is 15.7 Å². The summed E-state index contributed by atoms with van der Waals surface area (Å²) in [5.41, 5.74) is 5.77. The highest BCUT2D eigenvalue weighted by molar-refractivity contribution is 6.34. The molecule has 0 aromatic heterocycles. The van der Waals surface area contributed by atoms with Crippen molar-refractivity contribution in [3.63, 3.8) is 0 Å². The molecular formula is C13H9Cl2FN2O2. The van der Waals surface area contributed by atoms with Gasteiger partial charge in [-0.25, -0.2) is 4.39 Å². The molecule has 0 amide bonds. The van der Waals surface area contributed by atoms with E-state index in [1.807, 2.05) is 0 Å². The first-order chi connectivity index (χ1) is 9.52. The Hall–Kier alpha value is -1.98. The lowest BCUT2D eigenvalue weighted by Gasteiger charge is -2.12. The molecule has 0 saturated carbocycles. The Bertz CT molecular complexity index is 677. The van der Waals surface area contributed by atoms with Crippen molar-refractivity contribution in [2.75, 3.05) is 0 Å². The van der Waals surface area contributed by atoms with Gasteiger partial charge in [0.2, 0.25) is 0 Å². The lowest BCUT2D eigenvalue weighted by atomic mass is 10.2. The lowest BCUT2D eigenvalue weighted by Crippen LogP contribution is -2.14. The molecule has 2 aromatic rings. The van der Waals surface area contributed by atoms with Crippen LogP contribution in [0.4, 0.5) is 4.39 Å². The molecule has 0 aliphatic carbocycles. The summed E-state index contributed by atoms with van der Waals surface area (Å²) >= 11 is 11.9. The second kappa shape index (κ2) is 5.98. The van der Waals surface area contributed by atoms with Gasteiger partial charge in [0, 0.05) is 0 Å². The Labute approximate surface area is 124 Å². The maximum Gasteiger partial charge on any atom is 0.175 e. The number of halogens is 3. The molecule has 0 heterocycles. The second-order valence-corrected chi connectivity index (χ2v) is 4.59. The van der Waals surface area contributed by atoms with Gasteiger partial charge in [0.05, 0.1) is 15.6 Å². The normalized spacial score (nSPS) is 11.4. The standard InChI is InChI=1S/C13H9Cl2FN2O2/c14-8-2-1-3-11(12(8)13(17)18-19)20-10-5-4-7(16)6-9(10)15/h1-6,19H,(H2,17,18). The zero-order valence-electron chi connectivity index (χ0n) is 9.98. The highest BCUT2D eigenvalue weighted by Crippen LogP contribution is 2.34. The Kier molecular flexibility index (Phi) is 4.32. The summed E-state index contributed by atoms with van der Waals surface area (Å²) in [5.74, 6) is -0.224. The zero-order valence-corrected chi connectivity index (χ0v) is 11.5. The molecule has 0 aliphatic rings. The Morgan fingerprint density at radius 2 is 1.90 bits per heavy atom. The maximum atomic E-state index is 13.0. The van der Waals surface area contributed by atoms with Gasteiger partial charge in [0.15, 0.2) is 5.84 Å². The van der Waals surface area contributed by atoms with Crippen LogP contribution in [0.5, 0.6) is 11.5 Å². The van der Waals surface area contributed by atoms with Crippen LogP contribution >= 0.6 is 23.2 Å². The maximum absolute atomic E-state index is 13.0. The molecule has 7 heteroatoms. The Morgan fingerprint density at radius 3 is 2.55 bits per heavy atom. The van der Waals surface area contributed by atoms with Crippen LogP contribution in [0.2, 0.25) is 10.0 Å². The van der Waals surface area contributed by atoms with E-state index >= 15 is 0 Å². The van der Waals surface area contributed by atoms with Crippen LogP contribution in [0.1, 0.15) is 5.56 Å². The summed E-state index contributed by atoms with van der Waals surface area (Å²) in [4.78, 5) is 0. The first-order valence-corrected chi connectivity index (χ1v) is 6.18. The van der Waals surface area contributed by atoms with Crippen LogP contribution in [-0.4, -0.2) is 11.0 Å². The molecule has 104 valence electrons. The number of hydrogen-bond acceptors (Lipinski definition) is 3. The smallest absolute Gasteiger partial charge is 0.175 e. The van der Waals surface area contributed by atoms with Crippen molar-refractivity contribution in [3.05, 3.63) is 57.8 Å². The third-order valence-electron chi connectivity index (χ3n) is 2.45. The van der Waals surface area contributed by atoms with Gasteiger partial charge in [0.25, 0.3) is 0 Å². The molecule has 0 atom stereocenters. The van der Waals surface area contributed by atoms with E-state index in [2.05, 4.69) is 5.16 Å². The van der Waals surface area contributed by atoms with Crippen LogP contribution in [0.25, 0.3) is 0 Å². The van der Waals surface area contributed by atoms with Crippen LogP contribution in [0.15, 0.2) is 41.6 Å². The van der Waals surface area contributed by atoms with E-state index in [1.54, 1.807) is 18.2 Å². The van der Waals surface area contributed by atoms with Crippen molar-refractivity contribution in [3.8, 4) is 11.5 Å². The fourth-order valence-corrected chi connectivity index (χ4v) is 2.03. The summed E-state index contributed by atoms with van der Waals surface area (Å²) in [6, 6.07) is 8.45. The highest BCUT2D eigenvalue weighted by Gasteiger charge is 2.15. The van der Waals surface area contributed by atoms with Crippen LogP contribution in [0, 0.1) is 5.82 Å². The summed E-state index contributed by atoms with van der Waals surface area (Å²) < 4.78 is 18.5. The van der Waals surface area contributed by atoms with Gasteiger partial charge in [-0.15, -0.1) is 0 Å². The Morgan fingerprint density at radius 1 is 1.15 bits per heavy atom. The number of amidine groups is 1. The number of ether oxygens (including phenoxy) is 1. The SMILES string of the molecule is NC(=NO)c1c(Cl)cccc1Oc1ccc(F)cc1Cl. The number of rotatable bonds is 3. The molecule has 0 fully saturated rings. The molecule has 2 rings (SSSR count). The third-order valence-corrected chi connectivity index (χ3v) is 3.06. The van der Waals surface area contributed by atoms with E-state index in [-0.39, 0.29) is 32.9 Å². The van der Waals surface area contributed by atoms with E-state index < -0.39 is 5.82 Å². The van der Waals surface area contributed by atoms with Crippen molar-refractivity contribution < 1.29 is 14.3 Å². The number of hydrogen-bond donors (Lipinski definition) is 2. The van der Waals surface area contributed by atoms with Gasteiger partial charge in [-0.1, -0.05) is 34.4 Å². The molecular weight excluding hydrogens is 306 g/mol. The molecule has 2 aromatic carbocycles. The van der Waals surface area contributed by atoms with Crippen molar-refractivity contribution in [2.45, 2.75) is 0 Å². The minimum Gasteiger partial charge on any atom is -0.455 e. The predicted molar refractivity (Wildman–Crippen MR) is 75.4 cm³/mol. The summed E-state index contributed by atoms with van der Waals surface area (Å²) in [6.07, 6.45) is 0. The Balaban J connectivity index is 2.46. The van der Waals surface area contributed by atoms with Crippen LogP contribution in [0.3, 0.4) is 0 Å². The molecule has 0 aliphatic heterocycles. The van der Waals surface area contributed by atoms with E-state index in [1.165, 1.54) is 12.1 Å². The third kappa shape index (κ3) is 2.95. The molecule has 0 radical (unpaired) electrons. The molecule has 4 nitrogen and oxygen atoms in total. The van der Waals surface area contributed by atoms with Crippen molar-refractivity contribution in [1.82, 2.24) is 0 Å². The summed E-state index contributed by atoms with van der Waals surface area (Å²) in [5, 5.41) is 12.0. The molecule has 0 saturated heterocycles. The number of nitrogens with zero attached hydrogens (tertiary/aromatic N) is 1. The number of benzene rings is 2. The fourth-order valence-electron chi connectivity index (χ4n) is 1.56. The monoisotopic (exact) mass is 314 g/mol. The van der Waals surface area contributed by atoms with Crippen LogP contribution < -0.4 is 10.5 Å². The number of nitrogens with two attached hydrogens (primary N) is 1. The minimum absolute atomic E-state index is 0.0930. The van der Waals surface area contributed by atoms with Gasteiger partial charge in [-0.2, -0.15) is 0 Å². The lowest BCUT2D eigenvalue weighted by molar-refractivity contribution is 0.318. The molecule has 0 unspecified atom stereocenters. The second-order valence-electron chi connectivity index (χ2n) is 3.78. The highest BCUT2D eigenvalue weighted by atomic mass is 35.5. The average molecular weight is 315 g/mol. The predicted octanol–water partition coefficient (Wildman–Crippen LogP) is 4.02. The van der Waals surface area contributed by atoms with E-state index in [0.29, 0.717) is 0 Å². The molecule has 20 heavy (non-hydrogen) atoms. The number of oxime groups is 1.